The molecule has 147 valence electrons. The van der Waals surface area contributed by atoms with Crippen LogP contribution in [0.15, 0.2) is 0 Å². The fourth-order valence-electron chi connectivity index (χ4n) is 3.39. The van der Waals surface area contributed by atoms with Crippen LogP contribution >= 0.6 is 0 Å². The first kappa shape index (κ1) is 24.9. The Balaban J connectivity index is 3.74. The molecule has 0 saturated carbocycles. The molecule has 0 aliphatic heterocycles. The second-order valence-electron chi connectivity index (χ2n) is 7.67. The van der Waals surface area contributed by atoms with Crippen LogP contribution in [0, 0.1) is 0 Å². The molecule has 1 radical (unpaired) electrons. The van der Waals surface area contributed by atoms with Crippen molar-refractivity contribution in [2.45, 2.75) is 142 Å². The van der Waals surface area contributed by atoms with Crippen LogP contribution in [0.25, 0.3) is 0 Å². The van der Waals surface area contributed by atoms with Gasteiger partial charge in [0.25, 0.3) is 0 Å². The van der Waals surface area contributed by atoms with E-state index >= 15 is 0 Å². The summed E-state index contributed by atoms with van der Waals surface area (Å²) < 4.78 is 5.15. The Morgan fingerprint density at radius 3 is 0.875 bits per heavy atom. The number of hydrogen-bond acceptors (Lipinski definition) is 0. The molecule has 0 fully saturated rings. The topological polar surface area (TPSA) is 0 Å². The zero-order chi connectivity index (χ0) is 17.7. The van der Waals surface area contributed by atoms with Gasteiger partial charge in [-0.05, 0) is 0 Å². The third-order valence-electron chi connectivity index (χ3n) is 5.11. The first-order valence-corrected chi connectivity index (χ1v) is 18.2. The van der Waals surface area contributed by atoms with Gasteiger partial charge in [-0.15, -0.1) is 0 Å². The van der Waals surface area contributed by atoms with Crippen LogP contribution in [0.1, 0.15) is 130 Å². The molecular weight excluding hydrogens is 485 g/mol. The minimum atomic E-state index is -0.982. The minimum absolute atomic E-state index is 0.982. The van der Waals surface area contributed by atoms with Gasteiger partial charge in [0.1, 0.15) is 0 Å². The summed E-state index contributed by atoms with van der Waals surface area (Å²) in [6, 6.07) is 0. The molecule has 0 spiro atoms. The number of hydrogen-bond donors (Lipinski definition) is 0. The summed E-state index contributed by atoms with van der Waals surface area (Å²) >= 11 is -0.982. The fourth-order valence-corrected chi connectivity index (χ4v) is 12.9. The van der Waals surface area contributed by atoms with E-state index in [0.717, 1.165) is 0 Å². The molecule has 0 unspecified atom stereocenters. The SMILES string of the molecule is CCCCCCC[CH2][Po]([CH2]CCCCCC)[CH2]CCCCCCC. The monoisotopic (exact) mass is 534 g/mol. The molecule has 0 aliphatic carbocycles. The van der Waals surface area contributed by atoms with Gasteiger partial charge in [-0.25, -0.2) is 0 Å². The first-order valence-electron chi connectivity index (χ1n) is 11.5. The third kappa shape index (κ3) is 19.2. The molecule has 1 heteroatoms. The van der Waals surface area contributed by atoms with Crippen LogP contribution in [-0.2, 0) is 0 Å². The van der Waals surface area contributed by atoms with Crippen LogP contribution in [0.5, 0.6) is 0 Å². The number of unbranched alkanes of at least 4 members (excludes halogenated alkanes) is 14. The van der Waals surface area contributed by atoms with E-state index in [1.165, 1.54) is 89.9 Å². The Kier molecular flexibility index (Phi) is 22.8. The molecule has 0 amide bonds. The second-order valence-corrected chi connectivity index (χ2v) is 17.2. The van der Waals surface area contributed by atoms with E-state index in [-0.39, 0.29) is 0 Å². The Labute approximate surface area is 163 Å². The van der Waals surface area contributed by atoms with Gasteiger partial charge in [0.2, 0.25) is 0 Å². The van der Waals surface area contributed by atoms with Gasteiger partial charge in [0, 0.05) is 0 Å². The molecule has 0 saturated heterocycles. The summed E-state index contributed by atoms with van der Waals surface area (Å²) in [4.78, 5) is 0. The van der Waals surface area contributed by atoms with Gasteiger partial charge in [0.15, 0.2) is 0 Å². The molecule has 0 rings (SSSR count). The normalized spacial score (nSPS) is 11.5. The van der Waals surface area contributed by atoms with Crippen molar-refractivity contribution in [3.05, 3.63) is 0 Å². The van der Waals surface area contributed by atoms with Gasteiger partial charge in [-0.1, -0.05) is 0 Å². The van der Waals surface area contributed by atoms with Crippen molar-refractivity contribution in [3.8, 4) is 0 Å². The summed E-state index contributed by atoms with van der Waals surface area (Å²) in [6.07, 6.45) is 25.4. The maximum atomic E-state index is 2.33. The van der Waals surface area contributed by atoms with Crippen LogP contribution in [0.4, 0.5) is 0 Å². The van der Waals surface area contributed by atoms with Crippen molar-refractivity contribution in [3.63, 3.8) is 0 Å². The van der Waals surface area contributed by atoms with Gasteiger partial charge in [-0.2, -0.15) is 0 Å². The van der Waals surface area contributed by atoms with Crippen molar-refractivity contribution in [2.24, 2.45) is 0 Å². The Morgan fingerprint density at radius 2 is 0.583 bits per heavy atom. The van der Waals surface area contributed by atoms with Gasteiger partial charge in [-0.3, -0.25) is 0 Å². The van der Waals surface area contributed by atoms with Crippen LogP contribution in [0.3, 0.4) is 0 Å². The number of rotatable bonds is 20. The quantitative estimate of drug-likeness (QED) is 0.137. The molecule has 0 N–H and O–H groups in total. The van der Waals surface area contributed by atoms with E-state index in [1.54, 1.807) is 31.5 Å². The molecule has 0 nitrogen and oxygen atoms in total. The first-order chi connectivity index (χ1) is 11.8. The molecule has 0 heterocycles. The van der Waals surface area contributed by atoms with E-state index in [1.807, 2.05) is 0 Å². The van der Waals surface area contributed by atoms with E-state index < -0.39 is 22.1 Å². The Bertz CT molecular complexity index is 198. The van der Waals surface area contributed by atoms with Crippen molar-refractivity contribution in [1.29, 1.82) is 0 Å². The second kappa shape index (κ2) is 21.9. The predicted octanol–water partition coefficient (Wildman–Crippen LogP) is 9.17. The molecule has 0 aromatic rings. The Hall–Kier alpha value is 0.896. The Morgan fingerprint density at radius 1 is 0.333 bits per heavy atom. The van der Waals surface area contributed by atoms with Crippen LogP contribution in [0.2, 0.25) is 12.2 Å². The summed E-state index contributed by atoms with van der Waals surface area (Å²) in [6.45, 7) is 6.98. The van der Waals surface area contributed by atoms with Crippen molar-refractivity contribution in [1.82, 2.24) is 0 Å². The van der Waals surface area contributed by atoms with Crippen LogP contribution < -0.4 is 0 Å². The maximum absolute atomic E-state index is 2.33. The predicted molar refractivity (Wildman–Crippen MR) is 116 cm³/mol. The summed E-state index contributed by atoms with van der Waals surface area (Å²) in [5.74, 6) is 0. The average molecular weight is 535 g/mol. The fraction of sp³-hybridized carbons (Fsp3) is 1.00. The standard InChI is InChI=1S/2C8H17.C7H15.Po/c2*1-3-5-7-8-6-4-2;1-3-5-7-6-4-2;/h2*1,3-8H2,2H3;1,3-7H2,2H3;. The zero-order valence-electron chi connectivity index (χ0n) is 17.6. The van der Waals surface area contributed by atoms with Gasteiger partial charge >= 0.3 is 164 Å². The van der Waals surface area contributed by atoms with Crippen LogP contribution in [-0.4, -0.2) is 22.1 Å². The molecule has 0 bridgehead atoms. The van der Waals surface area contributed by atoms with Gasteiger partial charge in [0.05, 0.1) is 0 Å². The molecule has 0 aromatic carbocycles. The van der Waals surface area contributed by atoms with E-state index in [2.05, 4.69) is 20.8 Å². The van der Waals surface area contributed by atoms with E-state index in [0.29, 0.717) is 0 Å². The molecule has 0 aliphatic rings. The summed E-state index contributed by atoms with van der Waals surface area (Å²) in [5, 5.41) is 0. The van der Waals surface area contributed by atoms with E-state index in [9.17, 15) is 0 Å². The van der Waals surface area contributed by atoms with E-state index in [4.69, 9.17) is 0 Å². The van der Waals surface area contributed by atoms with Crippen molar-refractivity contribution in [2.75, 3.05) is 0 Å². The average Bonchev–Trinajstić information content (AvgIpc) is 2.60. The van der Waals surface area contributed by atoms with Crippen molar-refractivity contribution < 1.29 is 0 Å². The molecule has 0 atom stereocenters. The molecular formula is C23H49Po. The summed E-state index contributed by atoms with van der Waals surface area (Å²) in [5.41, 5.74) is 0. The third-order valence-corrected chi connectivity index (χ3v) is 15.2. The molecule has 24 heavy (non-hydrogen) atoms. The van der Waals surface area contributed by atoms with Gasteiger partial charge < -0.3 is 0 Å². The molecule has 0 aromatic heterocycles. The zero-order valence-corrected chi connectivity index (χ0v) is 20.7. The van der Waals surface area contributed by atoms with Crippen molar-refractivity contribution >= 4 is 22.1 Å². The summed E-state index contributed by atoms with van der Waals surface area (Å²) in [7, 11) is 0.